The summed E-state index contributed by atoms with van der Waals surface area (Å²) >= 11 is 0. The van der Waals surface area contributed by atoms with Gasteiger partial charge in [0.25, 0.3) is 0 Å². The molecule has 0 fully saturated rings. The van der Waals surface area contributed by atoms with Gasteiger partial charge in [-0.3, -0.25) is 0 Å². The van der Waals surface area contributed by atoms with Crippen LogP contribution in [0.4, 0.5) is 4.79 Å². The highest BCUT2D eigenvalue weighted by Gasteiger charge is 2.05. The molecule has 1 rings (SSSR count). The Morgan fingerprint density at radius 3 is 2.67 bits per heavy atom. The number of alkyl carbamates (subject to hydrolysis) is 1. The molecule has 1 N–H and O–H groups in total. The number of ether oxygens (including phenoxy) is 2. The molecule has 0 aromatic heterocycles. The summed E-state index contributed by atoms with van der Waals surface area (Å²) in [6.07, 6.45) is -0.232. The number of rotatable bonds is 5. The fourth-order valence-corrected chi connectivity index (χ4v) is 1.56. The van der Waals surface area contributed by atoms with Crippen LogP contribution in [0.2, 0.25) is 0 Å². The molecule has 1 aromatic rings. The summed E-state index contributed by atoms with van der Waals surface area (Å²) < 4.78 is 10.4. The maximum absolute atomic E-state index is 11.2. The van der Waals surface area contributed by atoms with Gasteiger partial charge < -0.3 is 14.8 Å². The van der Waals surface area contributed by atoms with Crippen LogP contribution in [0.15, 0.2) is 18.2 Å². The first kappa shape index (κ1) is 14.4. The number of aryl methyl sites for hydroxylation is 1. The minimum atomic E-state index is -0.391. The van der Waals surface area contributed by atoms with Crippen LogP contribution >= 0.6 is 0 Å². The minimum absolute atomic E-state index is 0.159. The van der Waals surface area contributed by atoms with Gasteiger partial charge in [0.05, 0.1) is 12.7 Å². The van der Waals surface area contributed by atoms with Gasteiger partial charge in [-0.1, -0.05) is 12.1 Å². The highest BCUT2D eigenvalue weighted by Crippen LogP contribution is 2.20. The lowest BCUT2D eigenvalue weighted by Crippen LogP contribution is -2.23. The molecule has 0 spiro atoms. The van der Waals surface area contributed by atoms with Crippen molar-refractivity contribution in [2.75, 3.05) is 6.61 Å². The van der Waals surface area contributed by atoms with Crippen molar-refractivity contribution >= 4 is 6.09 Å². The van der Waals surface area contributed by atoms with Crippen molar-refractivity contribution in [3.05, 3.63) is 29.3 Å². The van der Waals surface area contributed by atoms with Gasteiger partial charge >= 0.3 is 6.09 Å². The molecule has 1 aromatic carbocycles. The number of benzene rings is 1. The van der Waals surface area contributed by atoms with Crippen molar-refractivity contribution in [3.63, 3.8) is 0 Å². The SMILES string of the molecule is CCOC(=O)NCc1ccc(OC(C)C)c(C)c1. The van der Waals surface area contributed by atoms with E-state index in [1.807, 2.05) is 39.0 Å². The summed E-state index contributed by atoms with van der Waals surface area (Å²) in [6, 6.07) is 5.87. The van der Waals surface area contributed by atoms with Crippen LogP contribution in [-0.2, 0) is 11.3 Å². The fourth-order valence-electron chi connectivity index (χ4n) is 1.56. The van der Waals surface area contributed by atoms with Crippen LogP contribution in [0.25, 0.3) is 0 Å². The normalized spacial score (nSPS) is 10.3. The zero-order valence-corrected chi connectivity index (χ0v) is 11.4. The van der Waals surface area contributed by atoms with Gasteiger partial charge in [0, 0.05) is 6.54 Å². The maximum atomic E-state index is 11.2. The number of carbonyl (C=O) groups is 1. The second-order valence-electron chi connectivity index (χ2n) is 4.34. The lowest BCUT2D eigenvalue weighted by molar-refractivity contribution is 0.151. The molecule has 4 nitrogen and oxygen atoms in total. The molecule has 18 heavy (non-hydrogen) atoms. The molecule has 0 unspecified atom stereocenters. The number of hydrogen-bond acceptors (Lipinski definition) is 3. The van der Waals surface area contributed by atoms with Crippen LogP contribution in [0.5, 0.6) is 5.75 Å². The Kier molecular flexibility index (Phi) is 5.49. The zero-order chi connectivity index (χ0) is 13.5. The highest BCUT2D eigenvalue weighted by molar-refractivity contribution is 5.67. The molecule has 0 saturated carbocycles. The van der Waals surface area contributed by atoms with Gasteiger partial charge in [0.2, 0.25) is 0 Å². The molecule has 0 aliphatic heterocycles. The third-order valence-electron chi connectivity index (χ3n) is 2.31. The smallest absolute Gasteiger partial charge is 0.407 e. The van der Waals surface area contributed by atoms with E-state index in [9.17, 15) is 4.79 Å². The lowest BCUT2D eigenvalue weighted by atomic mass is 10.1. The Labute approximate surface area is 108 Å². The Balaban J connectivity index is 2.58. The van der Waals surface area contributed by atoms with E-state index < -0.39 is 6.09 Å². The average molecular weight is 251 g/mol. The fraction of sp³-hybridized carbons (Fsp3) is 0.500. The third-order valence-corrected chi connectivity index (χ3v) is 2.31. The van der Waals surface area contributed by atoms with Gasteiger partial charge in [0.1, 0.15) is 5.75 Å². The maximum Gasteiger partial charge on any atom is 0.407 e. The van der Waals surface area contributed by atoms with Crippen molar-refractivity contribution in [2.24, 2.45) is 0 Å². The summed E-state index contributed by atoms with van der Waals surface area (Å²) in [5.41, 5.74) is 2.09. The van der Waals surface area contributed by atoms with Crippen molar-refractivity contribution in [1.29, 1.82) is 0 Å². The predicted octanol–water partition coefficient (Wildman–Crippen LogP) is 3.03. The molecule has 0 aliphatic rings. The number of amides is 1. The van der Waals surface area contributed by atoms with Crippen molar-refractivity contribution < 1.29 is 14.3 Å². The number of carbonyl (C=O) groups excluding carboxylic acids is 1. The summed E-state index contributed by atoms with van der Waals surface area (Å²) in [5, 5.41) is 2.69. The molecular formula is C14H21NO3. The Morgan fingerprint density at radius 1 is 1.39 bits per heavy atom. The van der Waals surface area contributed by atoms with E-state index in [1.165, 1.54) is 0 Å². The van der Waals surface area contributed by atoms with Crippen molar-refractivity contribution in [3.8, 4) is 5.75 Å². The van der Waals surface area contributed by atoms with E-state index in [1.54, 1.807) is 6.92 Å². The molecule has 0 radical (unpaired) electrons. The molecule has 0 aliphatic carbocycles. The van der Waals surface area contributed by atoms with Crippen LogP contribution in [0, 0.1) is 6.92 Å². The van der Waals surface area contributed by atoms with Gasteiger partial charge in [-0.05, 0) is 44.9 Å². The largest absolute Gasteiger partial charge is 0.491 e. The summed E-state index contributed by atoms with van der Waals surface area (Å²) in [4.78, 5) is 11.2. The Bertz CT molecular complexity index is 402. The second kappa shape index (κ2) is 6.89. The second-order valence-corrected chi connectivity index (χ2v) is 4.34. The average Bonchev–Trinajstić information content (AvgIpc) is 2.29. The van der Waals surface area contributed by atoms with E-state index in [2.05, 4.69) is 5.32 Å². The first-order valence-corrected chi connectivity index (χ1v) is 6.19. The van der Waals surface area contributed by atoms with E-state index in [-0.39, 0.29) is 6.10 Å². The van der Waals surface area contributed by atoms with Gasteiger partial charge in [0.15, 0.2) is 0 Å². The lowest BCUT2D eigenvalue weighted by Gasteiger charge is -2.13. The van der Waals surface area contributed by atoms with E-state index in [0.717, 1.165) is 16.9 Å². The molecule has 0 saturated heterocycles. The zero-order valence-electron chi connectivity index (χ0n) is 11.4. The predicted molar refractivity (Wildman–Crippen MR) is 70.8 cm³/mol. The quantitative estimate of drug-likeness (QED) is 0.875. The Hall–Kier alpha value is -1.71. The van der Waals surface area contributed by atoms with Crippen molar-refractivity contribution in [2.45, 2.75) is 40.3 Å². The Morgan fingerprint density at radius 2 is 2.11 bits per heavy atom. The standard InChI is InChI=1S/C14H21NO3/c1-5-17-14(16)15-9-12-6-7-13(11(4)8-12)18-10(2)3/h6-8,10H,5,9H2,1-4H3,(H,15,16). The molecule has 100 valence electrons. The molecule has 0 atom stereocenters. The molecule has 0 bridgehead atoms. The third kappa shape index (κ3) is 4.65. The van der Waals surface area contributed by atoms with Crippen LogP contribution in [-0.4, -0.2) is 18.8 Å². The molecule has 4 heteroatoms. The van der Waals surface area contributed by atoms with Gasteiger partial charge in [-0.2, -0.15) is 0 Å². The molecule has 1 amide bonds. The van der Waals surface area contributed by atoms with E-state index in [4.69, 9.17) is 9.47 Å². The topological polar surface area (TPSA) is 47.6 Å². The minimum Gasteiger partial charge on any atom is -0.491 e. The van der Waals surface area contributed by atoms with Gasteiger partial charge in [-0.25, -0.2) is 4.79 Å². The summed E-state index contributed by atoms with van der Waals surface area (Å²) in [6.45, 7) is 8.60. The molecule has 0 heterocycles. The van der Waals surface area contributed by atoms with Crippen molar-refractivity contribution in [1.82, 2.24) is 5.32 Å². The monoisotopic (exact) mass is 251 g/mol. The number of hydrogen-bond donors (Lipinski definition) is 1. The van der Waals surface area contributed by atoms with Gasteiger partial charge in [-0.15, -0.1) is 0 Å². The van der Waals surface area contributed by atoms with Crippen LogP contribution in [0.3, 0.4) is 0 Å². The molecular weight excluding hydrogens is 230 g/mol. The number of nitrogens with one attached hydrogen (secondary N) is 1. The van der Waals surface area contributed by atoms with Crippen LogP contribution < -0.4 is 10.1 Å². The summed E-state index contributed by atoms with van der Waals surface area (Å²) in [5.74, 6) is 0.880. The van der Waals surface area contributed by atoms with E-state index >= 15 is 0 Å². The first-order valence-electron chi connectivity index (χ1n) is 6.19. The highest BCUT2D eigenvalue weighted by atomic mass is 16.5. The van der Waals surface area contributed by atoms with Crippen LogP contribution in [0.1, 0.15) is 31.9 Å². The first-order chi connectivity index (χ1) is 8.52. The summed E-state index contributed by atoms with van der Waals surface area (Å²) in [7, 11) is 0. The van der Waals surface area contributed by atoms with E-state index in [0.29, 0.717) is 13.2 Å².